The van der Waals surface area contributed by atoms with Crippen molar-refractivity contribution in [1.29, 1.82) is 0 Å². The van der Waals surface area contributed by atoms with Crippen LogP contribution in [0.2, 0.25) is 0 Å². The number of rotatable bonds is 6. The van der Waals surface area contributed by atoms with Crippen molar-refractivity contribution in [3.63, 3.8) is 0 Å². The first-order valence-corrected chi connectivity index (χ1v) is 16.1. The number of ether oxygens (including phenoxy) is 1. The van der Waals surface area contributed by atoms with E-state index in [0.717, 1.165) is 41.4 Å². The predicted octanol–water partition coefficient (Wildman–Crippen LogP) is 10.7. The molecule has 4 aliphatic carbocycles. The van der Waals surface area contributed by atoms with E-state index >= 15 is 0 Å². The second-order valence-electron chi connectivity index (χ2n) is 13.4. The lowest BCUT2D eigenvalue weighted by Crippen LogP contribution is -2.37. The highest BCUT2D eigenvalue weighted by Crippen LogP contribution is 2.51. The summed E-state index contributed by atoms with van der Waals surface area (Å²) in [5.74, 6) is 5.46. The van der Waals surface area contributed by atoms with E-state index in [2.05, 4.69) is 26.5 Å². The summed E-state index contributed by atoms with van der Waals surface area (Å²) in [6.45, 7) is 10.4. The maximum Gasteiger partial charge on any atom is 0.200 e. The Morgan fingerprint density at radius 2 is 1.16 bits per heavy atom. The lowest BCUT2D eigenvalue weighted by atomic mass is 9.58. The molecule has 0 N–H and O–H groups in total. The third-order valence-corrected chi connectivity index (χ3v) is 10.8. The van der Waals surface area contributed by atoms with Gasteiger partial charge in [0.15, 0.2) is 11.6 Å². The number of hydrogen-bond acceptors (Lipinski definition) is 1. The van der Waals surface area contributed by atoms with Crippen LogP contribution in [0.25, 0.3) is 0 Å². The van der Waals surface area contributed by atoms with Gasteiger partial charge in [0.25, 0.3) is 0 Å². The van der Waals surface area contributed by atoms with Gasteiger partial charge in [0.05, 0.1) is 6.61 Å². The van der Waals surface area contributed by atoms with Crippen LogP contribution < -0.4 is 4.74 Å². The molecule has 1 nitrogen and oxygen atoms in total. The summed E-state index contributed by atoms with van der Waals surface area (Å²) in [6, 6.07) is 3.17. The van der Waals surface area contributed by atoms with E-state index in [1.54, 1.807) is 19.1 Å². The van der Waals surface area contributed by atoms with Crippen molar-refractivity contribution >= 4 is 0 Å². The Bertz CT molecular complexity index is 865. The van der Waals surface area contributed by atoms with Gasteiger partial charge in [-0.2, -0.15) is 4.39 Å². The number of aryl methyl sites for hydroxylation is 1. The quantitative estimate of drug-likeness (QED) is 0.334. The van der Waals surface area contributed by atoms with Gasteiger partial charge in [0.2, 0.25) is 5.82 Å². The maximum absolute atomic E-state index is 14.1. The molecule has 4 saturated carbocycles. The minimum Gasteiger partial charge on any atom is -0.490 e. The number of hydrogen-bond donors (Lipinski definition) is 0. The molecular weight excluding hydrogens is 474 g/mol. The average Bonchev–Trinajstić information content (AvgIpc) is 2.96. The van der Waals surface area contributed by atoms with Gasteiger partial charge in [-0.1, -0.05) is 32.4 Å². The molecule has 3 heteroatoms. The second-order valence-corrected chi connectivity index (χ2v) is 13.4. The number of benzene rings is 1. The Kier molecular flexibility index (Phi) is 11.1. The molecule has 4 fully saturated rings. The van der Waals surface area contributed by atoms with Crippen molar-refractivity contribution in [3.05, 3.63) is 42.0 Å². The fraction of sp³-hybridized carbons (Fsp3) is 0.771. The molecule has 38 heavy (non-hydrogen) atoms. The minimum absolute atomic E-state index is 0.0675. The molecule has 0 aliphatic heterocycles. The van der Waals surface area contributed by atoms with Crippen molar-refractivity contribution in [2.45, 2.75) is 117 Å². The monoisotopic (exact) mass is 528 g/mol. The van der Waals surface area contributed by atoms with Crippen molar-refractivity contribution < 1.29 is 13.5 Å². The summed E-state index contributed by atoms with van der Waals surface area (Å²) < 4.78 is 33.6. The topological polar surface area (TPSA) is 9.23 Å². The van der Waals surface area contributed by atoms with Gasteiger partial charge in [-0.05, 0) is 156 Å². The smallest absolute Gasteiger partial charge is 0.200 e. The highest BCUT2D eigenvalue weighted by atomic mass is 19.2. The average molecular weight is 529 g/mol. The van der Waals surface area contributed by atoms with E-state index in [4.69, 9.17) is 4.74 Å². The summed E-state index contributed by atoms with van der Waals surface area (Å²) in [7, 11) is 0. The van der Waals surface area contributed by atoms with Gasteiger partial charge in [-0.15, -0.1) is 6.58 Å². The van der Waals surface area contributed by atoms with Crippen LogP contribution in [-0.4, -0.2) is 6.61 Å². The second kappa shape index (κ2) is 14.3. The highest BCUT2D eigenvalue weighted by Gasteiger charge is 2.40. The van der Waals surface area contributed by atoms with Gasteiger partial charge >= 0.3 is 0 Å². The van der Waals surface area contributed by atoms with Crippen molar-refractivity contribution in [3.8, 4) is 5.75 Å². The zero-order valence-electron chi connectivity index (χ0n) is 24.5. The summed E-state index contributed by atoms with van der Waals surface area (Å²) >= 11 is 0. The van der Waals surface area contributed by atoms with Gasteiger partial charge in [-0.3, -0.25) is 0 Å². The van der Waals surface area contributed by atoms with Gasteiger partial charge in [-0.25, -0.2) is 4.39 Å². The molecule has 4 unspecified atom stereocenters. The van der Waals surface area contributed by atoms with Gasteiger partial charge in [0, 0.05) is 0 Å². The lowest BCUT2D eigenvalue weighted by Gasteiger charge is -2.47. The molecule has 0 spiro atoms. The van der Waals surface area contributed by atoms with E-state index in [0.29, 0.717) is 18.1 Å². The molecule has 0 saturated heterocycles. The number of allylic oxidation sites excluding steroid dienone is 1. The fourth-order valence-corrected chi connectivity index (χ4v) is 8.44. The molecule has 0 amide bonds. The Labute approximate surface area is 232 Å². The first kappa shape index (κ1) is 29.6. The van der Waals surface area contributed by atoms with Crippen molar-refractivity contribution in [1.82, 2.24) is 0 Å². The fourth-order valence-electron chi connectivity index (χ4n) is 8.44. The minimum atomic E-state index is -0.838. The van der Waals surface area contributed by atoms with E-state index in [-0.39, 0.29) is 5.75 Å². The predicted molar refractivity (Wildman–Crippen MR) is 155 cm³/mol. The normalized spacial score (nSPS) is 35.4. The van der Waals surface area contributed by atoms with Gasteiger partial charge in [0.1, 0.15) is 0 Å². The van der Waals surface area contributed by atoms with Crippen LogP contribution in [0.3, 0.4) is 0 Å². The van der Waals surface area contributed by atoms with Crippen molar-refractivity contribution in [2.75, 3.05) is 6.61 Å². The number of halogens is 2. The van der Waals surface area contributed by atoms with Gasteiger partial charge < -0.3 is 4.74 Å². The van der Waals surface area contributed by atoms with Crippen molar-refractivity contribution in [2.24, 2.45) is 47.3 Å². The van der Waals surface area contributed by atoms with Crippen LogP contribution in [0.4, 0.5) is 8.78 Å². The standard InChI is InChI=1S/C32H46F2O.C3H8/c1-3-22-5-9-24(10-6-22)26-13-15-29-19-27(14-16-28(29)18-26)25-11-7-23(8-12-25)20-35-30-17-4-21(2)31(33)32(30)34;1-3-2/h3-4,17,22-29H,1,5-16,18-20H2,2H3;3H2,1-2H3. The molecular formula is C35H54F2O. The van der Waals surface area contributed by atoms with Crippen LogP contribution >= 0.6 is 0 Å². The summed E-state index contributed by atoms with van der Waals surface area (Å²) in [4.78, 5) is 0. The molecule has 0 bridgehead atoms. The summed E-state index contributed by atoms with van der Waals surface area (Å²) in [5.41, 5.74) is 0.328. The lowest BCUT2D eigenvalue weighted by molar-refractivity contribution is 0.0366. The first-order valence-electron chi connectivity index (χ1n) is 16.1. The molecule has 5 rings (SSSR count). The van der Waals surface area contributed by atoms with E-state index in [1.165, 1.54) is 96.3 Å². The SMILES string of the molecule is C=CC1CCC(C2CCC3CC(C4CCC(COc5ccc(C)c(F)c5F)CC4)CCC3C2)CC1.CCC. The summed E-state index contributed by atoms with van der Waals surface area (Å²) in [6.07, 6.45) is 22.9. The van der Waals surface area contributed by atoms with E-state index < -0.39 is 11.6 Å². The van der Waals surface area contributed by atoms with E-state index in [9.17, 15) is 8.78 Å². The molecule has 4 atom stereocenters. The Morgan fingerprint density at radius 1 is 0.711 bits per heavy atom. The third kappa shape index (κ3) is 7.42. The zero-order chi connectivity index (χ0) is 27.1. The van der Waals surface area contributed by atoms with Crippen LogP contribution in [0.1, 0.15) is 116 Å². The largest absolute Gasteiger partial charge is 0.490 e. The van der Waals surface area contributed by atoms with Crippen LogP contribution in [0, 0.1) is 65.9 Å². The maximum atomic E-state index is 14.1. The molecule has 4 aliphatic rings. The van der Waals surface area contributed by atoms with Crippen LogP contribution in [0.15, 0.2) is 24.8 Å². The molecule has 1 aromatic rings. The highest BCUT2D eigenvalue weighted by molar-refractivity contribution is 5.30. The Morgan fingerprint density at radius 3 is 1.66 bits per heavy atom. The van der Waals surface area contributed by atoms with Crippen LogP contribution in [-0.2, 0) is 0 Å². The molecule has 1 aromatic carbocycles. The molecule has 214 valence electrons. The zero-order valence-corrected chi connectivity index (χ0v) is 24.5. The summed E-state index contributed by atoms with van der Waals surface area (Å²) in [5, 5.41) is 0. The first-order chi connectivity index (χ1) is 18.4. The van der Waals surface area contributed by atoms with Crippen LogP contribution in [0.5, 0.6) is 5.75 Å². The van der Waals surface area contributed by atoms with E-state index in [1.807, 2.05) is 0 Å². The Hall–Kier alpha value is -1.38. The Balaban J connectivity index is 0.00000107. The molecule has 0 radical (unpaired) electrons. The molecule has 0 heterocycles. The molecule has 0 aromatic heterocycles. The third-order valence-electron chi connectivity index (χ3n) is 10.8. The number of fused-ring (bicyclic) bond motifs is 1.